The summed E-state index contributed by atoms with van der Waals surface area (Å²) in [5, 5.41) is 26.3. The molecule has 3 amide bonds. The first-order valence-electron chi connectivity index (χ1n) is 14.1. The number of β-lactam (4-membered cyclic amide) rings is 1. The lowest BCUT2D eigenvalue weighted by atomic mass is 9.78. The van der Waals surface area contributed by atoms with E-state index in [2.05, 4.69) is 10.6 Å². The number of phenols is 1. The Morgan fingerprint density at radius 3 is 2.31 bits per heavy atom. The lowest BCUT2D eigenvalue weighted by Crippen LogP contribution is -2.55. The third kappa shape index (κ3) is 8.77. The summed E-state index contributed by atoms with van der Waals surface area (Å²) in [6.07, 6.45) is -0.900. The van der Waals surface area contributed by atoms with Crippen LogP contribution in [-0.2, 0) is 31.0 Å². The molecular weight excluding hydrogens is 609 g/mol. The molecule has 1 aliphatic heterocycles. The number of methoxy groups -OCH3 is 1. The molecule has 0 aromatic heterocycles. The number of phenolic OH excluding ortho intramolecular Hbond substituents is 1. The first-order valence-corrected chi connectivity index (χ1v) is 15.7. The Morgan fingerprint density at radius 2 is 1.69 bits per heavy atom. The second-order valence-electron chi connectivity index (χ2n) is 10.6. The van der Waals surface area contributed by atoms with E-state index < -0.39 is 58.0 Å². The summed E-state index contributed by atoms with van der Waals surface area (Å²) in [4.78, 5) is 38.9. The first kappa shape index (κ1) is 33.4. The van der Waals surface area contributed by atoms with E-state index in [1.165, 1.54) is 37.4 Å². The lowest BCUT2D eigenvalue weighted by molar-refractivity contribution is -0.131. The van der Waals surface area contributed by atoms with Crippen molar-refractivity contribution in [2.75, 3.05) is 24.3 Å². The van der Waals surface area contributed by atoms with E-state index in [1.54, 1.807) is 41.3 Å². The first-order chi connectivity index (χ1) is 21.4. The number of carbonyl (C=O) groups excluding carboxylic acids is 3. The van der Waals surface area contributed by atoms with Gasteiger partial charge in [0.1, 0.15) is 23.7 Å². The van der Waals surface area contributed by atoms with Gasteiger partial charge in [-0.1, -0.05) is 24.3 Å². The van der Waals surface area contributed by atoms with Gasteiger partial charge in [-0.2, -0.15) is 8.42 Å². The van der Waals surface area contributed by atoms with E-state index in [0.29, 0.717) is 34.5 Å². The fourth-order valence-electron chi connectivity index (χ4n) is 5.13. The minimum atomic E-state index is -4.23. The maximum absolute atomic E-state index is 13.5. The number of hydrogen-bond acceptors (Lipinski definition) is 8. The highest BCUT2D eigenvalue weighted by molar-refractivity contribution is 7.85. The Labute approximate surface area is 259 Å². The number of benzene rings is 3. The van der Waals surface area contributed by atoms with Crippen molar-refractivity contribution in [1.29, 1.82) is 0 Å². The molecule has 1 heterocycles. The number of nitrogens with one attached hydrogen (secondary N) is 2. The highest BCUT2D eigenvalue weighted by Crippen LogP contribution is 2.49. The molecule has 0 saturated carbocycles. The molecule has 14 heteroatoms. The van der Waals surface area contributed by atoms with Gasteiger partial charge in [-0.25, -0.2) is 4.39 Å². The zero-order chi connectivity index (χ0) is 32.7. The van der Waals surface area contributed by atoms with Crippen LogP contribution in [0.2, 0.25) is 0 Å². The van der Waals surface area contributed by atoms with Crippen LogP contribution in [0, 0.1) is 11.7 Å². The fraction of sp³-hybridized carbons (Fsp3) is 0.323. The van der Waals surface area contributed by atoms with Crippen molar-refractivity contribution >= 4 is 33.5 Å². The van der Waals surface area contributed by atoms with Gasteiger partial charge < -0.3 is 30.5 Å². The highest BCUT2D eigenvalue weighted by Gasteiger charge is 2.49. The summed E-state index contributed by atoms with van der Waals surface area (Å²) in [5.41, 5.74) is 2.26. The van der Waals surface area contributed by atoms with Crippen molar-refractivity contribution < 1.29 is 46.7 Å². The van der Waals surface area contributed by atoms with Gasteiger partial charge >= 0.3 is 0 Å². The van der Waals surface area contributed by atoms with Crippen LogP contribution in [0.3, 0.4) is 0 Å². The smallest absolute Gasteiger partial charge is 0.266 e. The largest absolute Gasteiger partial charge is 0.507 e. The minimum Gasteiger partial charge on any atom is -0.507 e. The van der Waals surface area contributed by atoms with Gasteiger partial charge in [0.05, 0.1) is 30.9 Å². The van der Waals surface area contributed by atoms with Gasteiger partial charge in [0.15, 0.2) is 0 Å². The van der Waals surface area contributed by atoms with Crippen LogP contribution in [0.5, 0.6) is 11.5 Å². The van der Waals surface area contributed by atoms with Crippen molar-refractivity contribution in [3.8, 4) is 11.5 Å². The third-order valence-electron chi connectivity index (χ3n) is 7.48. The Hall–Kier alpha value is -4.53. The van der Waals surface area contributed by atoms with Crippen molar-refractivity contribution in [1.82, 2.24) is 10.6 Å². The number of aliphatic hydroxyl groups is 1. The molecule has 0 spiro atoms. The number of halogens is 1. The lowest BCUT2D eigenvalue weighted by Gasteiger charge is -2.48. The number of hydrogen-bond donors (Lipinski definition) is 5. The average Bonchev–Trinajstić information content (AvgIpc) is 2.99. The van der Waals surface area contributed by atoms with Gasteiger partial charge in [-0.05, 0) is 60.4 Å². The predicted octanol–water partition coefficient (Wildman–Crippen LogP) is 2.77. The molecule has 1 aliphatic rings. The van der Waals surface area contributed by atoms with Crippen molar-refractivity contribution in [2.45, 2.75) is 38.0 Å². The molecule has 1 saturated heterocycles. The van der Waals surface area contributed by atoms with E-state index in [1.807, 2.05) is 0 Å². The monoisotopic (exact) mass is 643 g/mol. The second-order valence-corrected chi connectivity index (χ2v) is 12.2. The van der Waals surface area contributed by atoms with Crippen LogP contribution in [0.15, 0.2) is 66.7 Å². The van der Waals surface area contributed by atoms with Gasteiger partial charge in [-0.15, -0.1) is 0 Å². The summed E-state index contributed by atoms with van der Waals surface area (Å²) >= 11 is 0. The topological polar surface area (TPSA) is 183 Å². The fourth-order valence-corrected chi connectivity index (χ4v) is 5.49. The van der Waals surface area contributed by atoms with Crippen LogP contribution >= 0.6 is 0 Å². The molecule has 0 bridgehead atoms. The number of nitrogens with zero attached hydrogens (tertiary/aromatic N) is 1. The van der Waals surface area contributed by atoms with Crippen LogP contribution in [-0.4, -0.2) is 60.3 Å². The van der Waals surface area contributed by atoms with E-state index >= 15 is 0 Å². The number of carbonyl (C=O) groups is 3. The maximum atomic E-state index is 13.5. The summed E-state index contributed by atoms with van der Waals surface area (Å²) in [5.74, 6) is -2.75. The molecule has 1 fully saturated rings. The normalized spacial score (nSPS) is 16.9. The molecule has 0 unspecified atom stereocenters. The number of aromatic hydroxyl groups is 1. The number of amides is 3. The standard InChI is InChI=1S/C31H34FN3O9S/c1-44-23-10-11-24(27(37)16-23)30-25(12-13-26(36)20-4-6-21(32)7-5-20)31(40)35(30)22-8-2-19(3-9-22)18-34-29(39)17-28(38)33-14-15-45(41,42)43/h2-11,16,25-26,30,36-37H,12-15,17-18H2,1H3,(H,33,38)(H,34,39)(H,41,42,43)/t25-,26+,30-/m1/s1. The molecule has 3 aromatic carbocycles. The molecule has 3 aromatic rings. The third-order valence-corrected chi connectivity index (χ3v) is 8.20. The highest BCUT2D eigenvalue weighted by atomic mass is 32.2. The van der Waals surface area contributed by atoms with Gasteiger partial charge in [-0.3, -0.25) is 18.9 Å². The van der Waals surface area contributed by atoms with Crippen LogP contribution in [0.1, 0.15) is 48.1 Å². The molecule has 3 atom stereocenters. The van der Waals surface area contributed by atoms with E-state index in [0.717, 1.165) is 0 Å². The molecule has 45 heavy (non-hydrogen) atoms. The van der Waals surface area contributed by atoms with Crippen molar-refractivity contribution in [3.63, 3.8) is 0 Å². The molecule has 0 aliphatic carbocycles. The number of ether oxygens (including phenoxy) is 1. The Balaban J connectivity index is 1.41. The molecule has 0 radical (unpaired) electrons. The molecule has 240 valence electrons. The molecule has 5 N–H and O–H groups in total. The maximum Gasteiger partial charge on any atom is 0.266 e. The number of anilines is 1. The molecule has 4 rings (SSSR count). The van der Waals surface area contributed by atoms with Crippen LogP contribution in [0.25, 0.3) is 0 Å². The SMILES string of the molecule is COc1ccc([C@@H]2[C@@H](CC[C@H](O)c3ccc(F)cc3)C(=O)N2c2ccc(CNC(=O)CC(=O)NCCS(=O)(=O)O)cc2)c(O)c1. The molecule has 12 nitrogen and oxygen atoms in total. The average molecular weight is 644 g/mol. The summed E-state index contributed by atoms with van der Waals surface area (Å²) in [7, 11) is -2.76. The summed E-state index contributed by atoms with van der Waals surface area (Å²) in [6.45, 7) is -0.245. The summed E-state index contributed by atoms with van der Waals surface area (Å²) < 4.78 is 48.7. The predicted molar refractivity (Wildman–Crippen MR) is 161 cm³/mol. The quantitative estimate of drug-likeness (QED) is 0.100. The van der Waals surface area contributed by atoms with E-state index in [4.69, 9.17) is 9.29 Å². The Bertz CT molecular complexity index is 1630. The Morgan fingerprint density at radius 1 is 1.02 bits per heavy atom. The van der Waals surface area contributed by atoms with Crippen molar-refractivity contribution in [3.05, 3.63) is 89.2 Å². The van der Waals surface area contributed by atoms with Crippen LogP contribution < -0.4 is 20.3 Å². The Kier molecular flexibility index (Phi) is 10.8. The zero-order valence-electron chi connectivity index (χ0n) is 24.4. The van der Waals surface area contributed by atoms with E-state index in [-0.39, 0.29) is 31.2 Å². The van der Waals surface area contributed by atoms with Gasteiger partial charge in [0.25, 0.3) is 10.1 Å². The molecular formula is C31H34FN3O9S. The van der Waals surface area contributed by atoms with Crippen LogP contribution in [0.4, 0.5) is 10.1 Å². The van der Waals surface area contributed by atoms with E-state index in [9.17, 15) is 37.4 Å². The van der Waals surface area contributed by atoms with Gasteiger partial charge in [0, 0.05) is 30.4 Å². The van der Waals surface area contributed by atoms with Gasteiger partial charge in [0.2, 0.25) is 17.7 Å². The van der Waals surface area contributed by atoms with Crippen molar-refractivity contribution in [2.24, 2.45) is 5.92 Å². The second kappa shape index (κ2) is 14.5. The number of rotatable bonds is 14. The summed E-state index contributed by atoms with van der Waals surface area (Å²) in [6, 6.07) is 16.6. The number of aliphatic hydroxyl groups excluding tert-OH is 1. The minimum absolute atomic E-state index is 0.0534. The zero-order valence-corrected chi connectivity index (χ0v) is 25.2.